The number of hydrogen-bond acceptors (Lipinski definition) is 5. The van der Waals surface area contributed by atoms with Crippen LogP contribution in [0.5, 0.6) is 11.6 Å². The van der Waals surface area contributed by atoms with Crippen LogP contribution in [0.15, 0.2) is 41.4 Å². The molecule has 3 rings (SSSR count). The Morgan fingerprint density at radius 3 is 3.04 bits per heavy atom. The van der Waals surface area contributed by atoms with Crippen LogP contribution in [-0.4, -0.2) is 34.9 Å². The molecule has 1 aliphatic rings. The zero-order valence-electron chi connectivity index (χ0n) is 15.2. The zero-order chi connectivity index (χ0) is 19.2. The van der Waals surface area contributed by atoms with Crippen molar-refractivity contribution in [1.29, 1.82) is 0 Å². The molecule has 0 saturated heterocycles. The molecule has 0 unspecified atom stereocenters. The molecule has 0 radical (unpaired) electrons. The fourth-order valence-corrected chi connectivity index (χ4v) is 3.68. The maximum atomic E-state index is 13.7. The number of hydrogen-bond donors (Lipinski definition) is 2. The molecule has 1 saturated carbocycles. The molecular weight excluding hydrogens is 367 g/mol. The second-order valence-electron chi connectivity index (χ2n) is 6.68. The van der Waals surface area contributed by atoms with Crippen molar-refractivity contribution in [2.45, 2.75) is 36.7 Å². The summed E-state index contributed by atoms with van der Waals surface area (Å²) in [5.41, 5.74) is 0.0564. The van der Waals surface area contributed by atoms with E-state index in [-0.39, 0.29) is 23.5 Å². The Hall–Kier alpha value is -2.12. The molecule has 0 aliphatic heterocycles. The first-order valence-corrected chi connectivity index (χ1v) is 10.2. The number of pyridine rings is 1. The number of aliphatic hydroxyl groups excluding tert-OH is 1. The zero-order valence-corrected chi connectivity index (χ0v) is 16.0. The molecule has 1 fully saturated rings. The van der Waals surface area contributed by atoms with E-state index in [1.807, 2.05) is 24.5 Å². The molecule has 7 heteroatoms. The summed E-state index contributed by atoms with van der Waals surface area (Å²) in [7, 11) is 0. The number of nitrogens with zero attached hydrogens (tertiary/aromatic N) is 1. The first-order valence-electron chi connectivity index (χ1n) is 8.99. The predicted octanol–water partition coefficient (Wildman–Crippen LogP) is 4.02. The second kappa shape index (κ2) is 9.19. The van der Waals surface area contributed by atoms with Crippen molar-refractivity contribution >= 4 is 17.7 Å². The summed E-state index contributed by atoms with van der Waals surface area (Å²) in [4.78, 5) is 17.6. The Kier molecular flexibility index (Phi) is 6.68. The van der Waals surface area contributed by atoms with Crippen molar-refractivity contribution < 1.29 is 19.0 Å². The SMILES string of the molecule is CSc1cccc(Oc2ncc(F)cc2C(=O)NC[C@H]2CCC[C@@H](O)C2)c1. The normalized spacial score (nSPS) is 19.5. The van der Waals surface area contributed by atoms with Crippen LogP contribution in [-0.2, 0) is 0 Å². The topological polar surface area (TPSA) is 71.5 Å². The third kappa shape index (κ3) is 5.43. The number of halogens is 1. The summed E-state index contributed by atoms with van der Waals surface area (Å²) in [6.07, 6.45) is 6.07. The van der Waals surface area contributed by atoms with Crippen molar-refractivity contribution in [2.24, 2.45) is 5.92 Å². The molecule has 0 bridgehead atoms. The molecule has 1 heterocycles. The molecule has 2 N–H and O–H groups in total. The number of aliphatic hydroxyl groups is 1. The number of nitrogens with one attached hydrogen (secondary N) is 1. The minimum absolute atomic E-state index is 0.0564. The molecule has 1 amide bonds. The van der Waals surface area contributed by atoms with Gasteiger partial charge in [0.15, 0.2) is 0 Å². The van der Waals surface area contributed by atoms with Crippen LogP contribution in [0.1, 0.15) is 36.0 Å². The van der Waals surface area contributed by atoms with Gasteiger partial charge in [0.25, 0.3) is 5.91 Å². The van der Waals surface area contributed by atoms with Crippen molar-refractivity contribution in [1.82, 2.24) is 10.3 Å². The number of thioether (sulfide) groups is 1. The van der Waals surface area contributed by atoms with Gasteiger partial charge in [0.1, 0.15) is 17.1 Å². The molecule has 2 atom stereocenters. The van der Waals surface area contributed by atoms with Gasteiger partial charge in [-0.2, -0.15) is 0 Å². The average Bonchev–Trinajstić information content (AvgIpc) is 2.67. The lowest BCUT2D eigenvalue weighted by Crippen LogP contribution is -2.33. The smallest absolute Gasteiger partial charge is 0.256 e. The van der Waals surface area contributed by atoms with Gasteiger partial charge >= 0.3 is 0 Å². The number of rotatable bonds is 6. The Labute approximate surface area is 162 Å². The minimum atomic E-state index is -0.599. The number of amides is 1. The van der Waals surface area contributed by atoms with Crippen LogP contribution in [0.2, 0.25) is 0 Å². The summed E-state index contributed by atoms with van der Waals surface area (Å²) in [5.74, 6) is -0.209. The maximum absolute atomic E-state index is 13.7. The monoisotopic (exact) mass is 390 g/mol. The maximum Gasteiger partial charge on any atom is 0.256 e. The molecule has 1 aromatic heterocycles. The fraction of sp³-hybridized carbons (Fsp3) is 0.400. The van der Waals surface area contributed by atoms with Gasteiger partial charge in [-0.15, -0.1) is 11.8 Å². The van der Waals surface area contributed by atoms with Crippen LogP contribution in [0.4, 0.5) is 4.39 Å². The van der Waals surface area contributed by atoms with Crippen LogP contribution in [0.3, 0.4) is 0 Å². The van der Waals surface area contributed by atoms with Gasteiger partial charge in [-0.25, -0.2) is 9.37 Å². The van der Waals surface area contributed by atoms with E-state index in [0.29, 0.717) is 18.7 Å². The highest BCUT2D eigenvalue weighted by atomic mass is 32.2. The number of benzene rings is 1. The minimum Gasteiger partial charge on any atom is -0.438 e. The lowest BCUT2D eigenvalue weighted by Gasteiger charge is -2.25. The quantitative estimate of drug-likeness (QED) is 0.729. The third-order valence-corrected chi connectivity index (χ3v) is 5.35. The van der Waals surface area contributed by atoms with E-state index in [1.165, 1.54) is 0 Å². The molecule has 27 heavy (non-hydrogen) atoms. The van der Waals surface area contributed by atoms with Crippen LogP contribution >= 0.6 is 11.8 Å². The van der Waals surface area contributed by atoms with Crippen LogP contribution in [0, 0.1) is 11.7 Å². The lowest BCUT2D eigenvalue weighted by molar-refractivity contribution is 0.0871. The van der Waals surface area contributed by atoms with E-state index in [9.17, 15) is 14.3 Å². The number of aromatic nitrogens is 1. The summed E-state index contributed by atoms with van der Waals surface area (Å²) >= 11 is 1.57. The average molecular weight is 390 g/mol. The van der Waals surface area contributed by atoms with Crippen LogP contribution in [0.25, 0.3) is 0 Å². The summed E-state index contributed by atoms with van der Waals surface area (Å²) in [6.45, 7) is 0.438. The molecule has 0 spiro atoms. The van der Waals surface area contributed by atoms with E-state index in [2.05, 4.69) is 10.3 Å². The number of carbonyl (C=O) groups is 1. The van der Waals surface area contributed by atoms with Gasteiger partial charge in [-0.05, 0) is 55.7 Å². The molecular formula is C20H23FN2O3S. The van der Waals surface area contributed by atoms with Gasteiger partial charge in [0.2, 0.25) is 5.88 Å². The van der Waals surface area contributed by atoms with Gasteiger partial charge in [0.05, 0.1) is 12.3 Å². The Balaban J connectivity index is 1.71. The summed E-state index contributed by atoms with van der Waals surface area (Å²) < 4.78 is 19.4. The van der Waals surface area contributed by atoms with E-state index >= 15 is 0 Å². The lowest BCUT2D eigenvalue weighted by atomic mass is 9.87. The first kappa shape index (κ1) is 19.6. The molecule has 2 aromatic rings. The van der Waals surface area contributed by atoms with E-state index < -0.39 is 11.7 Å². The molecule has 1 aromatic carbocycles. The Morgan fingerprint density at radius 2 is 2.26 bits per heavy atom. The van der Waals surface area contributed by atoms with Crippen molar-refractivity contribution in [2.75, 3.05) is 12.8 Å². The summed E-state index contributed by atoms with van der Waals surface area (Å²) in [6, 6.07) is 8.52. The Bertz CT molecular complexity index is 803. The van der Waals surface area contributed by atoms with E-state index in [4.69, 9.17) is 4.74 Å². The summed E-state index contributed by atoms with van der Waals surface area (Å²) in [5, 5.41) is 12.6. The number of carbonyl (C=O) groups excluding carboxylic acids is 1. The van der Waals surface area contributed by atoms with Gasteiger partial charge < -0.3 is 15.2 Å². The third-order valence-electron chi connectivity index (χ3n) is 4.62. The van der Waals surface area contributed by atoms with Crippen molar-refractivity contribution in [3.63, 3.8) is 0 Å². The molecule has 144 valence electrons. The largest absolute Gasteiger partial charge is 0.438 e. The van der Waals surface area contributed by atoms with Gasteiger partial charge in [-0.1, -0.05) is 12.5 Å². The second-order valence-corrected chi connectivity index (χ2v) is 7.56. The van der Waals surface area contributed by atoms with Crippen LogP contribution < -0.4 is 10.1 Å². The highest BCUT2D eigenvalue weighted by Crippen LogP contribution is 2.27. The van der Waals surface area contributed by atoms with Gasteiger partial charge in [0, 0.05) is 11.4 Å². The van der Waals surface area contributed by atoms with Crippen molar-refractivity contribution in [3.8, 4) is 11.6 Å². The standard InChI is InChI=1S/C20H23FN2O3S/c1-27-17-7-3-6-16(10-17)26-20-18(9-14(21)12-23-20)19(25)22-11-13-4-2-5-15(24)8-13/h3,6-7,9-10,12-13,15,24H,2,4-5,8,11H2,1H3,(H,22,25)/t13-,15+/m0/s1. The van der Waals surface area contributed by atoms with E-state index in [0.717, 1.165) is 36.4 Å². The highest BCUT2D eigenvalue weighted by molar-refractivity contribution is 7.98. The fourth-order valence-electron chi connectivity index (χ4n) is 3.23. The van der Waals surface area contributed by atoms with Gasteiger partial charge in [-0.3, -0.25) is 4.79 Å². The Morgan fingerprint density at radius 1 is 1.41 bits per heavy atom. The molecule has 1 aliphatic carbocycles. The number of ether oxygens (including phenoxy) is 1. The first-order chi connectivity index (χ1) is 13.0. The highest BCUT2D eigenvalue weighted by Gasteiger charge is 2.22. The molecule has 5 nitrogen and oxygen atoms in total. The van der Waals surface area contributed by atoms with E-state index in [1.54, 1.807) is 17.8 Å². The van der Waals surface area contributed by atoms with Crippen molar-refractivity contribution in [3.05, 3.63) is 47.9 Å². The predicted molar refractivity (Wildman–Crippen MR) is 103 cm³/mol.